The summed E-state index contributed by atoms with van der Waals surface area (Å²) >= 11 is 12.5. The van der Waals surface area contributed by atoms with Gasteiger partial charge < -0.3 is 15.0 Å². The summed E-state index contributed by atoms with van der Waals surface area (Å²) in [6.45, 7) is 3.81. The molecule has 2 amide bonds. The first kappa shape index (κ1) is 25.6. The molecule has 0 heterocycles. The molecular weight excluding hydrogens is 471 g/mol. The van der Waals surface area contributed by atoms with Gasteiger partial charge in [0.1, 0.15) is 11.8 Å². The average molecular weight is 499 g/mol. The van der Waals surface area contributed by atoms with E-state index in [1.54, 1.807) is 25.2 Å². The quantitative estimate of drug-likeness (QED) is 0.431. The number of amides is 2. The molecule has 0 saturated carbocycles. The number of hydrogen-bond donors (Lipinski definition) is 1. The molecule has 3 aromatic rings. The first-order valence-corrected chi connectivity index (χ1v) is 11.7. The molecular formula is C27H28Cl2N2O3. The summed E-state index contributed by atoms with van der Waals surface area (Å²) in [5, 5.41) is 3.62. The third-order valence-electron chi connectivity index (χ3n) is 5.57. The molecule has 3 rings (SSSR count). The Labute approximate surface area is 210 Å². The smallest absolute Gasteiger partial charge is 0.261 e. The molecule has 1 unspecified atom stereocenters. The monoisotopic (exact) mass is 498 g/mol. The molecule has 0 saturated heterocycles. The second kappa shape index (κ2) is 11.9. The van der Waals surface area contributed by atoms with Gasteiger partial charge in [0.15, 0.2) is 6.61 Å². The third-order valence-corrected chi connectivity index (χ3v) is 6.16. The summed E-state index contributed by atoms with van der Waals surface area (Å²) in [6, 6.07) is 19.8. The van der Waals surface area contributed by atoms with Crippen LogP contribution in [0, 0.1) is 13.8 Å². The van der Waals surface area contributed by atoms with Crippen molar-refractivity contribution in [2.75, 3.05) is 13.7 Å². The molecule has 1 N–H and O–H groups in total. The molecule has 0 fully saturated rings. The highest BCUT2D eigenvalue weighted by Gasteiger charge is 2.30. The Balaban J connectivity index is 1.92. The normalized spacial score (nSPS) is 11.6. The van der Waals surface area contributed by atoms with Crippen LogP contribution >= 0.6 is 23.2 Å². The molecule has 7 heteroatoms. The number of aryl methyl sites for hydroxylation is 2. The van der Waals surface area contributed by atoms with Crippen LogP contribution in [0.25, 0.3) is 0 Å². The van der Waals surface area contributed by atoms with Crippen molar-refractivity contribution in [3.05, 3.63) is 99.0 Å². The highest BCUT2D eigenvalue weighted by Crippen LogP contribution is 2.25. The number of nitrogens with zero attached hydrogens (tertiary/aromatic N) is 1. The van der Waals surface area contributed by atoms with Crippen molar-refractivity contribution in [1.82, 2.24) is 10.2 Å². The van der Waals surface area contributed by atoms with E-state index in [-0.39, 0.29) is 25.0 Å². The van der Waals surface area contributed by atoms with Crippen molar-refractivity contribution >= 4 is 35.0 Å². The Morgan fingerprint density at radius 2 is 1.74 bits per heavy atom. The summed E-state index contributed by atoms with van der Waals surface area (Å²) in [4.78, 5) is 28.0. The van der Waals surface area contributed by atoms with Gasteiger partial charge in [-0.25, -0.2) is 0 Å². The fourth-order valence-corrected chi connectivity index (χ4v) is 4.11. The predicted molar refractivity (Wildman–Crippen MR) is 136 cm³/mol. The molecule has 0 aromatic heterocycles. The van der Waals surface area contributed by atoms with Crippen LogP contribution in [0.2, 0.25) is 10.0 Å². The standard InChI is InChI=1S/C27H28Cl2N2O3/c1-18-9-10-19(2)25(13-18)34-17-26(32)31(16-21-11-12-22(28)15-23(21)29)24(27(33)30-3)14-20-7-5-4-6-8-20/h4-13,15,24H,14,16-17H2,1-3H3,(H,30,33). The summed E-state index contributed by atoms with van der Waals surface area (Å²) in [7, 11) is 1.56. The van der Waals surface area contributed by atoms with E-state index in [0.717, 1.165) is 16.7 Å². The van der Waals surface area contributed by atoms with Crippen LogP contribution in [0.1, 0.15) is 22.3 Å². The largest absolute Gasteiger partial charge is 0.483 e. The van der Waals surface area contributed by atoms with E-state index in [0.29, 0.717) is 27.8 Å². The second-order valence-electron chi connectivity index (χ2n) is 8.13. The zero-order chi connectivity index (χ0) is 24.7. The number of likely N-dealkylation sites (N-methyl/N-ethyl adjacent to an activating group) is 1. The predicted octanol–water partition coefficient (Wildman–Crippen LogP) is 5.38. The Kier molecular flexibility index (Phi) is 8.97. The van der Waals surface area contributed by atoms with E-state index in [1.165, 1.54) is 4.90 Å². The molecule has 0 aliphatic carbocycles. The molecule has 178 valence electrons. The van der Waals surface area contributed by atoms with Crippen LogP contribution < -0.4 is 10.1 Å². The van der Waals surface area contributed by atoms with Crippen molar-refractivity contribution in [3.63, 3.8) is 0 Å². The van der Waals surface area contributed by atoms with Crippen molar-refractivity contribution in [1.29, 1.82) is 0 Å². The number of hydrogen-bond acceptors (Lipinski definition) is 3. The van der Waals surface area contributed by atoms with Crippen molar-refractivity contribution in [2.45, 2.75) is 32.9 Å². The lowest BCUT2D eigenvalue weighted by Crippen LogP contribution is -2.51. The van der Waals surface area contributed by atoms with E-state index in [9.17, 15) is 9.59 Å². The number of halogens is 2. The fourth-order valence-electron chi connectivity index (χ4n) is 3.64. The Hall–Kier alpha value is -3.02. The van der Waals surface area contributed by atoms with Crippen LogP contribution in [0.15, 0.2) is 66.7 Å². The minimum atomic E-state index is -0.756. The number of rotatable bonds is 9. The number of carbonyl (C=O) groups excluding carboxylic acids is 2. The Bertz CT molecular complexity index is 1150. The van der Waals surface area contributed by atoms with Crippen LogP contribution in [0.4, 0.5) is 0 Å². The van der Waals surface area contributed by atoms with E-state index in [2.05, 4.69) is 5.32 Å². The molecule has 0 aliphatic rings. The van der Waals surface area contributed by atoms with Crippen molar-refractivity contribution in [3.8, 4) is 5.75 Å². The van der Waals surface area contributed by atoms with E-state index < -0.39 is 6.04 Å². The van der Waals surface area contributed by atoms with Gasteiger partial charge in [0.05, 0.1) is 0 Å². The molecule has 34 heavy (non-hydrogen) atoms. The Morgan fingerprint density at radius 3 is 2.41 bits per heavy atom. The minimum absolute atomic E-state index is 0.135. The topological polar surface area (TPSA) is 58.6 Å². The first-order chi connectivity index (χ1) is 16.3. The molecule has 0 radical (unpaired) electrons. The number of carbonyl (C=O) groups is 2. The van der Waals surface area contributed by atoms with Crippen LogP contribution in [0.3, 0.4) is 0 Å². The van der Waals surface area contributed by atoms with Gasteiger partial charge in [-0.2, -0.15) is 0 Å². The fraction of sp³-hybridized carbons (Fsp3) is 0.259. The highest BCUT2D eigenvalue weighted by atomic mass is 35.5. The van der Waals surface area contributed by atoms with Gasteiger partial charge in [-0.3, -0.25) is 9.59 Å². The van der Waals surface area contributed by atoms with Gasteiger partial charge in [-0.1, -0.05) is 71.7 Å². The number of ether oxygens (including phenoxy) is 1. The Morgan fingerprint density at radius 1 is 1.00 bits per heavy atom. The van der Waals surface area contributed by atoms with Crippen LogP contribution in [0.5, 0.6) is 5.75 Å². The maximum atomic E-state index is 13.5. The second-order valence-corrected chi connectivity index (χ2v) is 8.98. The SMILES string of the molecule is CNC(=O)C(Cc1ccccc1)N(Cc1ccc(Cl)cc1Cl)C(=O)COc1cc(C)ccc1C. The lowest BCUT2D eigenvalue weighted by atomic mass is 10.0. The van der Waals surface area contributed by atoms with E-state index >= 15 is 0 Å². The number of nitrogens with one attached hydrogen (secondary N) is 1. The van der Waals surface area contributed by atoms with Crippen LogP contribution in [-0.2, 0) is 22.6 Å². The zero-order valence-electron chi connectivity index (χ0n) is 19.5. The maximum absolute atomic E-state index is 13.5. The first-order valence-electron chi connectivity index (χ1n) is 11.0. The third kappa shape index (κ3) is 6.75. The zero-order valence-corrected chi connectivity index (χ0v) is 21.0. The van der Waals surface area contributed by atoms with Crippen molar-refractivity contribution in [2.24, 2.45) is 0 Å². The average Bonchev–Trinajstić information content (AvgIpc) is 2.83. The van der Waals surface area contributed by atoms with Gasteiger partial charge in [0, 0.05) is 30.1 Å². The van der Waals surface area contributed by atoms with Crippen molar-refractivity contribution < 1.29 is 14.3 Å². The molecule has 3 aromatic carbocycles. The summed E-state index contributed by atoms with van der Waals surface area (Å²) in [6.07, 6.45) is 0.348. The summed E-state index contributed by atoms with van der Waals surface area (Å²) in [5.74, 6) is 0.0443. The van der Waals surface area contributed by atoms with Gasteiger partial charge in [-0.05, 0) is 54.3 Å². The lowest BCUT2D eigenvalue weighted by molar-refractivity contribution is -0.142. The minimum Gasteiger partial charge on any atom is -0.483 e. The molecule has 5 nitrogen and oxygen atoms in total. The van der Waals surface area contributed by atoms with Gasteiger partial charge in [0.25, 0.3) is 5.91 Å². The molecule has 0 aliphatic heterocycles. The molecule has 0 bridgehead atoms. The lowest BCUT2D eigenvalue weighted by Gasteiger charge is -2.31. The molecule has 0 spiro atoms. The highest BCUT2D eigenvalue weighted by molar-refractivity contribution is 6.35. The summed E-state index contributed by atoms with van der Waals surface area (Å²) < 4.78 is 5.88. The van der Waals surface area contributed by atoms with Gasteiger partial charge >= 0.3 is 0 Å². The maximum Gasteiger partial charge on any atom is 0.261 e. The molecule has 1 atom stereocenters. The van der Waals surface area contributed by atoms with Crippen LogP contribution in [-0.4, -0.2) is 36.4 Å². The van der Waals surface area contributed by atoms with E-state index in [4.69, 9.17) is 27.9 Å². The van der Waals surface area contributed by atoms with E-state index in [1.807, 2.05) is 62.4 Å². The van der Waals surface area contributed by atoms with Gasteiger partial charge in [0.2, 0.25) is 5.91 Å². The number of benzene rings is 3. The summed E-state index contributed by atoms with van der Waals surface area (Å²) in [5.41, 5.74) is 3.59. The van der Waals surface area contributed by atoms with Gasteiger partial charge in [-0.15, -0.1) is 0 Å².